The zero-order chi connectivity index (χ0) is 13.5. The van der Waals surface area contributed by atoms with Crippen LogP contribution in [0.1, 0.15) is 33.1 Å². The standard InChI is InChI=1S/C14H31NO3/c1-4-6-14(13-15-5-2)7-8-17-11-12-18-10-9-16-3/h14-15H,4-13H2,1-3H3. The van der Waals surface area contributed by atoms with Crippen molar-refractivity contribution in [1.29, 1.82) is 0 Å². The number of ether oxygens (including phenoxy) is 3. The molecule has 4 nitrogen and oxygen atoms in total. The average molecular weight is 261 g/mol. The van der Waals surface area contributed by atoms with Crippen LogP contribution in [0.3, 0.4) is 0 Å². The Labute approximate surface area is 112 Å². The molecule has 0 saturated heterocycles. The summed E-state index contributed by atoms with van der Waals surface area (Å²) in [4.78, 5) is 0. The van der Waals surface area contributed by atoms with Crippen LogP contribution in [0.25, 0.3) is 0 Å². The molecular formula is C14H31NO3. The van der Waals surface area contributed by atoms with Gasteiger partial charge in [0.1, 0.15) is 0 Å². The van der Waals surface area contributed by atoms with Gasteiger partial charge in [0.05, 0.1) is 26.4 Å². The van der Waals surface area contributed by atoms with Gasteiger partial charge in [-0.15, -0.1) is 0 Å². The predicted molar refractivity (Wildman–Crippen MR) is 75.1 cm³/mol. The Morgan fingerprint density at radius 3 is 2.17 bits per heavy atom. The molecule has 0 bridgehead atoms. The van der Waals surface area contributed by atoms with Gasteiger partial charge < -0.3 is 19.5 Å². The number of rotatable bonds is 14. The first-order valence-corrected chi connectivity index (χ1v) is 7.20. The second kappa shape index (κ2) is 14.9. The zero-order valence-electron chi connectivity index (χ0n) is 12.4. The van der Waals surface area contributed by atoms with Crippen molar-refractivity contribution in [2.45, 2.75) is 33.1 Å². The molecule has 1 atom stereocenters. The SMILES string of the molecule is CCCC(CCOCCOCCOC)CNCC. The molecule has 0 aromatic carbocycles. The van der Waals surface area contributed by atoms with Crippen molar-refractivity contribution in [3.8, 4) is 0 Å². The molecule has 1 unspecified atom stereocenters. The molecule has 110 valence electrons. The van der Waals surface area contributed by atoms with E-state index in [1.807, 2.05) is 0 Å². The Morgan fingerprint density at radius 2 is 1.56 bits per heavy atom. The first-order chi connectivity index (χ1) is 8.85. The maximum Gasteiger partial charge on any atom is 0.0701 e. The summed E-state index contributed by atoms with van der Waals surface area (Å²) in [5.74, 6) is 0.740. The summed E-state index contributed by atoms with van der Waals surface area (Å²) in [6.07, 6.45) is 3.66. The molecule has 0 aromatic heterocycles. The van der Waals surface area contributed by atoms with Gasteiger partial charge in [-0.05, 0) is 31.8 Å². The average Bonchev–Trinajstić information content (AvgIpc) is 2.39. The van der Waals surface area contributed by atoms with Crippen LogP contribution in [0.5, 0.6) is 0 Å². The van der Waals surface area contributed by atoms with Gasteiger partial charge in [0.15, 0.2) is 0 Å². The van der Waals surface area contributed by atoms with Crippen molar-refractivity contribution < 1.29 is 14.2 Å². The summed E-state index contributed by atoms with van der Waals surface area (Å²) in [5.41, 5.74) is 0. The highest BCUT2D eigenvalue weighted by Gasteiger charge is 2.06. The highest BCUT2D eigenvalue weighted by Crippen LogP contribution is 2.10. The van der Waals surface area contributed by atoms with E-state index in [9.17, 15) is 0 Å². The van der Waals surface area contributed by atoms with Crippen molar-refractivity contribution in [1.82, 2.24) is 5.32 Å². The van der Waals surface area contributed by atoms with Gasteiger partial charge >= 0.3 is 0 Å². The quantitative estimate of drug-likeness (QED) is 0.486. The Balaban J connectivity index is 3.31. The van der Waals surface area contributed by atoms with Crippen LogP contribution in [-0.4, -0.2) is 53.2 Å². The molecule has 0 aliphatic carbocycles. The zero-order valence-corrected chi connectivity index (χ0v) is 12.4. The third kappa shape index (κ3) is 12.3. The fourth-order valence-corrected chi connectivity index (χ4v) is 1.82. The van der Waals surface area contributed by atoms with E-state index in [2.05, 4.69) is 19.2 Å². The van der Waals surface area contributed by atoms with Gasteiger partial charge in [-0.2, -0.15) is 0 Å². The fourth-order valence-electron chi connectivity index (χ4n) is 1.82. The van der Waals surface area contributed by atoms with Gasteiger partial charge in [-0.25, -0.2) is 0 Å². The fraction of sp³-hybridized carbons (Fsp3) is 1.00. The van der Waals surface area contributed by atoms with Crippen LogP contribution >= 0.6 is 0 Å². The van der Waals surface area contributed by atoms with E-state index in [1.165, 1.54) is 12.8 Å². The van der Waals surface area contributed by atoms with Gasteiger partial charge in [0.2, 0.25) is 0 Å². The number of methoxy groups -OCH3 is 1. The van der Waals surface area contributed by atoms with E-state index < -0.39 is 0 Å². The Hall–Kier alpha value is -0.160. The molecule has 18 heavy (non-hydrogen) atoms. The van der Waals surface area contributed by atoms with Crippen molar-refractivity contribution in [2.24, 2.45) is 5.92 Å². The number of nitrogens with one attached hydrogen (secondary N) is 1. The normalized spacial score (nSPS) is 12.8. The van der Waals surface area contributed by atoms with E-state index in [-0.39, 0.29) is 0 Å². The summed E-state index contributed by atoms with van der Waals surface area (Å²) in [6.45, 7) is 10.0. The van der Waals surface area contributed by atoms with Crippen molar-refractivity contribution in [3.05, 3.63) is 0 Å². The molecule has 0 amide bonds. The maximum absolute atomic E-state index is 5.58. The van der Waals surface area contributed by atoms with Gasteiger partial charge in [0, 0.05) is 13.7 Å². The Kier molecular flexibility index (Phi) is 14.8. The summed E-state index contributed by atoms with van der Waals surface area (Å²) in [7, 11) is 1.68. The molecule has 0 rings (SSSR count). The summed E-state index contributed by atoms with van der Waals surface area (Å²) in [6, 6.07) is 0. The maximum atomic E-state index is 5.58. The monoisotopic (exact) mass is 261 g/mol. The Morgan fingerprint density at radius 1 is 0.889 bits per heavy atom. The molecule has 0 radical (unpaired) electrons. The molecule has 0 saturated carbocycles. The number of hydrogen-bond acceptors (Lipinski definition) is 4. The molecule has 0 aromatic rings. The first kappa shape index (κ1) is 17.8. The lowest BCUT2D eigenvalue weighted by Gasteiger charge is -2.16. The minimum Gasteiger partial charge on any atom is -0.382 e. The molecule has 0 spiro atoms. The van der Waals surface area contributed by atoms with Gasteiger partial charge in [-0.1, -0.05) is 20.3 Å². The van der Waals surface area contributed by atoms with Crippen LogP contribution < -0.4 is 5.32 Å². The first-order valence-electron chi connectivity index (χ1n) is 7.20. The van der Waals surface area contributed by atoms with E-state index >= 15 is 0 Å². The lowest BCUT2D eigenvalue weighted by atomic mass is 10.0. The minimum atomic E-state index is 0.652. The van der Waals surface area contributed by atoms with Crippen molar-refractivity contribution in [2.75, 3.05) is 53.2 Å². The largest absolute Gasteiger partial charge is 0.382 e. The lowest BCUT2D eigenvalue weighted by molar-refractivity contribution is 0.0216. The van der Waals surface area contributed by atoms with Crippen molar-refractivity contribution in [3.63, 3.8) is 0 Å². The topological polar surface area (TPSA) is 39.7 Å². The Bertz CT molecular complexity index is 156. The third-order valence-electron chi connectivity index (χ3n) is 2.85. The third-order valence-corrected chi connectivity index (χ3v) is 2.85. The molecule has 4 heteroatoms. The summed E-state index contributed by atoms with van der Waals surface area (Å²) in [5, 5.41) is 3.41. The van der Waals surface area contributed by atoms with Gasteiger partial charge in [-0.3, -0.25) is 0 Å². The molecular weight excluding hydrogens is 230 g/mol. The van der Waals surface area contributed by atoms with Crippen LogP contribution in [-0.2, 0) is 14.2 Å². The van der Waals surface area contributed by atoms with E-state index in [4.69, 9.17) is 14.2 Å². The van der Waals surface area contributed by atoms with Gasteiger partial charge in [0.25, 0.3) is 0 Å². The van der Waals surface area contributed by atoms with E-state index in [0.717, 1.165) is 32.0 Å². The van der Waals surface area contributed by atoms with E-state index in [1.54, 1.807) is 7.11 Å². The molecule has 0 fully saturated rings. The molecule has 0 aliphatic heterocycles. The molecule has 0 aliphatic rings. The number of hydrogen-bond donors (Lipinski definition) is 1. The van der Waals surface area contributed by atoms with E-state index in [0.29, 0.717) is 26.4 Å². The smallest absolute Gasteiger partial charge is 0.0701 e. The second-order valence-electron chi connectivity index (χ2n) is 4.47. The highest BCUT2D eigenvalue weighted by atomic mass is 16.5. The predicted octanol–water partition coefficient (Wildman–Crippen LogP) is 2.08. The summed E-state index contributed by atoms with van der Waals surface area (Å²) < 4.78 is 15.8. The molecule has 0 heterocycles. The van der Waals surface area contributed by atoms with Crippen LogP contribution in [0, 0.1) is 5.92 Å². The highest BCUT2D eigenvalue weighted by molar-refractivity contribution is 4.61. The summed E-state index contributed by atoms with van der Waals surface area (Å²) >= 11 is 0. The van der Waals surface area contributed by atoms with Crippen LogP contribution in [0.2, 0.25) is 0 Å². The van der Waals surface area contributed by atoms with Crippen LogP contribution in [0.4, 0.5) is 0 Å². The lowest BCUT2D eigenvalue weighted by Crippen LogP contribution is -2.23. The van der Waals surface area contributed by atoms with Crippen molar-refractivity contribution >= 4 is 0 Å². The minimum absolute atomic E-state index is 0.652. The second-order valence-corrected chi connectivity index (χ2v) is 4.47. The molecule has 1 N–H and O–H groups in total. The van der Waals surface area contributed by atoms with Crippen LogP contribution in [0.15, 0.2) is 0 Å².